The van der Waals surface area contributed by atoms with Crippen LogP contribution >= 0.6 is 0 Å². The van der Waals surface area contributed by atoms with Crippen molar-refractivity contribution in [1.29, 1.82) is 0 Å². The van der Waals surface area contributed by atoms with Gasteiger partial charge in [0.05, 0.1) is 5.54 Å². The van der Waals surface area contributed by atoms with Gasteiger partial charge in [-0.3, -0.25) is 0 Å². The predicted molar refractivity (Wildman–Crippen MR) is 80.1 cm³/mol. The molecule has 1 aliphatic carbocycles. The van der Waals surface area contributed by atoms with E-state index < -0.39 is 0 Å². The van der Waals surface area contributed by atoms with Gasteiger partial charge in [-0.1, -0.05) is 60.5 Å². The Balaban J connectivity index is 2.14. The van der Waals surface area contributed by atoms with Crippen molar-refractivity contribution in [3.8, 4) is 0 Å². The van der Waals surface area contributed by atoms with Crippen molar-refractivity contribution in [2.75, 3.05) is 0 Å². The van der Waals surface area contributed by atoms with Crippen molar-refractivity contribution in [2.24, 2.45) is 5.73 Å². The first-order chi connectivity index (χ1) is 9.20. The number of hydrogen-bond donors (Lipinski definition) is 1. The summed E-state index contributed by atoms with van der Waals surface area (Å²) in [5.41, 5.74) is 11.8. The van der Waals surface area contributed by atoms with E-state index in [-0.39, 0.29) is 5.54 Å². The van der Waals surface area contributed by atoms with E-state index in [9.17, 15) is 0 Å². The quantitative estimate of drug-likeness (QED) is 0.764. The summed E-state index contributed by atoms with van der Waals surface area (Å²) >= 11 is 0. The molecule has 19 heavy (non-hydrogen) atoms. The molecule has 0 amide bonds. The monoisotopic (exact) mass is 251 g/mol. The minimum Gasteiger partial charge on any atom is -0.318 e. The van der Waals surface area contributed by atoms with Gasteiger partial charge in [-0.05, 0) is 42.9 Å². The average Bonchev–Trinajstić information content (AvgIpc) is 2.61. The Labute approximate surface area is 115 Å². The van der Waals surface area contributed by atoms with Crippen molar-refractivity contribution in [1.82, 2.24) is 0 Å². The summed E-state index contributed by atoms with van der Waals surface area (Å²) in [7, 11) is 0. The molecule has 1 unspecified atom stereocenters. The normalized spacial score (nSPS) is 22.6. The Morgan fingerprint density at radius 3 is 2.47 bits per heavy atom. The third-order valence-corrected chi connectivity index (χ3v) is 4.33. The first-order valence-electron chi connectivity index (χ1n) is 7.14. The fourth-order valence-corrected chi connectivity index (χ4v) is 3.18. The van der Waals surface area contributed by atoms with Gasteiger partial charge >= 0.3 is 0 Å². The van der Waals surface area contributed by atoms with Crippen LogP contribution in [0.2, 0.25) is 0 Å². The molecule has 1 heteroatoms. The summed E-state index contributed by atoms with van der Waals surface area (Å²) in [6.07, 6.45) is 4.62. The molecule has 3 rings (SSSR count). The lowest BCUT2D eigenvalue weighted by Gasteiger charge is -2.31. The first kappa shape index (κ1) is 12.4. The smallest absolute Gasteiger partial charge is 0.0668 e. The molecule has 2 N–H and O–H groups in total. The van der Waals surface area contributed by atoms with Crippen LogP contribution in [0.15, 0.2) is 48.5 Å². The largest absolute Gasteiger partial charge is 0.318 e. The van der Waals surface area contributed by atoms with Crippen LogP contribution in [-0.4, -0.2) is 0 Å². The van der Waals surface area contributed by atoms with Gasteiger partial charge in [0.2, 0.25) is 0 Å². The second kappa shape index (κ2) is 4.82. The highest BCUT2D eigenvalue weighted by molar-refractivity contribution is 5.44. The van der Waals surface area contributed by atoms with Crippen LogP contribution in [-0.2, 0) is 12.0 Å². The molecule has 1 aliphatic rings. The second-order valence-electron chi connectivity index (χ2n) is 5.70. The van der Waals surface area contributed by atoms with Crippen molar-refractivity contribution in [2.45, 2.75) is 38.1 Å². The standard InChI is InChI=1S/C18H21N/c1-14-9-11-16(12-10-14)18(19)13-5-4-7-15-6-2-3-8-17(15)18/h2-3,6,8-12H,4-5,7,13,19H2,1H3. The molecule has 98 valence electrons. The van der Waals surface area contributed by atoms with Gasteiger partial charge in [-0.2, -0.15) is 0 Å². The number of hydrogen-bond acceptors (Lipinski definition) is 1. The maximum Gasteiger partial charge on any atom is 0.0668 e. The number of benzene rings is 2. The molecule has 0 spiro atoms. The number of fused-ring (bicyclic) bond motifs is 1. The van der Waals surface area contributed by atoms with Crippen LogP contribution in [0.1, 0.15) is 41.5 Å². The SMILES string of the molecule is Cc1ccc(C2(N)CCCCc3ccccc32)cc1. The molecule has 0 aromatic heterocycles. The summed E-state index contributed by atoms with van der Waals surface area (Å²) in [4.78, 5) is 0. The van der Waals surface area contributed by atoms with E-state index in [0.717, 1.165) is 12.8 Å². The number of nitrogens with two attached hydrogens (primary N) is 1. The highest BCUT2D eigenvalue weighted by atomic mass is 14.7. The molecule has 1 atom stereocenters. The van der Waals surface area contributed by atoms with E-state index in [1.54, 1.807) is 0 Å². The zero-order chi connectivity index (χ0) is 13.3. The van der Waals surface area contributed by atoms with E-state index in [1.165, 1.54) is 35.1 Å². The van der Waals surface area contributed by atoms with Gasteiger partial charge in [0.25, 0.3) is 0 Å². The second-order valence-corrected chi connectivity index (χ2v) is 5.70. The van der Waals surface area contributed by atoms with Crippen molar-refractivity contribution in [3.63, 3.8) is 0 Å². The van der Waals surface area contributed by atoms with Crippen LogP contribution in [0.5, 0.6) is 0 Å². The lowest BCUT2D eigenvalue weighted by atomic mass is 9.79. The fourth-order valence-electron chi connectivity index (χ4n) is 3.18. The number of rotatable bonds is 1. The van der Waals surface area contributed by atoms with E-state index >= 15 is 0 Å². The molecule has 0 radical (unpaired) electrons. The molecule has 0 heterocycles. The summed E-state index contributed by atoms with van der Waals surface area (Å²) < 4.78 is 0. The topological polar surface area (TPSA) is 26.0 Å². The van der Waals surface area contributed by atoms with E-state index in [2.05, 4.69) is 55.5 Å². The molecule has 0 bridgehead atoms. The Bertz CT molecular complexity index is 570. The summed E-state index contributed by atoms with van der Waals surface area (Å²) in [6.45, 7) is 2.12. The maximum atomic E-state index is 6.84. The third-order valence-electron chi connectivity index (χ3n) is 4.33. The Kier molecular flexibility index (Phi) is 3.16. The molecule has 0 saturated heterocycles. The van der Waals surface area contributed by atoms with E-state index in [1.807, 2.05) is 0 Å². The minimum absolute atomic E-state index is 0.319. The zero-order valence-corrected chi connectivity index (χ0v) is 11.5. The molecule has 0 aliphatic heterocycles. The summed E-state index contributed by atoms with van der Waals surface area (Å²) in [5.74, 6) is 0. The first-order valence-corrected chi connectivity index (χ1v) is 7.14. The molecule has 1 nitrogen and oxygen atoms in total. The highest BCUT2D eigenvalue weighted by Crippen LogP contribution is 2.37. The Morgan fingerprint density at radius 1 is 0.947 bits per heavy atom. The van der Waals surface area contributed by atoms with Crippen LogP contribution in [0.3, 0.4) is 0 Å². The van der Waals surface area contributed by atoms with Gasteiger partial charge in [-0.15, -0.1) is 0 Å². The lowest BCUT2D eigenvalue weighted by Crippen LogP contribution is -2.38. The molecule has 0 fully saturated rings. The fraction of sp³-hybridized carbons (Fsp3) is 0.333. The third kappa shape index (κ3) is 2.19. The van der Waals surface area contributed by atoms with E-state index in [0.29, 0.717) is 0 Å². The molecule has 2 aromatic rings. The minimum atomic E-state index is -0.319. The van der Waals surface area contributed by atoms with Gasteiger partial charge in [0, 0.05) is 0 Å². The molecule has 2 aromatic carbocycles. The summed E-state index contributed by atoms with van der Waals surface area (Å²) in [5, 5.41) is 0. The molecular formula is C18H21N. The Morgan fingerprint density at radius 2 is 1.68 bits per heavy atom. The van der Waals surface area contributed by atoms with Crippen LogP contribution in [0, 0.1) is 6.92 Å². The highest BCUT2D eigenvalue weighted by Gasteiger charge is 2.32. The van der Waals surface area contributed by atoms with Crippen molar-refractivity contribution < 1.29 is 0 Å². The lowest BCUT2D eigenvalue weighted by molar-refractivity contribution is 0.479. The van der Waals surface area contributed by atoms with Gasteiger partial charge in [0.1, 0.15) is 0 Å². The van der Waals surface area contributed by atoms with Crippen molar-refractivity contribution >= 4 is 0 Å². The van der Waals surface area contributed by atoms with Crippen LogP contribution in [0.4, 0.5) is 0 Å². The number of aryl methyl sites for hydroxylation is 2. The predicted octanol–water partition coefficient (Wildman–Crippen LogP) is 3.92. The zero-order valence-electron chi connectivity index (χ0n) is 11.5. The van der Waals surface area contributed by atoms with Crippen molar-refractivity contribution in [3.05, 3.63) is 70.8 Å². The molecule has 0 saturated carbocycles. The summed E-state index contributed by atoms with van der Waals surface area (Å²) in [6, 6.07) is 17.4. The maximum absolute atomic E-state index is 6.84. The van der Waals surface area contributed by atoms with Crippen LogP contribution < -0.4 is 5.73 Å². The van der Waals surface area contributed by atoms with E-state index in [4.69, 9.17) is 5.73 Å². The van der Waals surface area contributed by atoms with Gasteiger partial charge < -0.3 is 5.73 Å². The van der Waals surface area contributed by atoms with Gasteiger partial charge in [0.15, 0.2) is 0 Å². The van der Waals surface area contributed by atoms with Crippen LogP contribution in [0.25, 0.3) is 0 Å². The molecular weight excluding hydrogens is 230 g/mol. The average molecular weight is 251 g/mol. The Hall–Kier alpha value is -1.60. The van der Waals surface area contributed by atoms with Gasteiger partial charge in [-0.25, -0.2) is 0 Å².